The molecule has 18 heavy (non-hydrogen) atoms. The Bertz CT molecular complexity index is 395. The van der Waals surface area contributed by atoms with Gasteiger partial charge in [0.25, 0.3) is 0 Å². The van der Waals surface area contributed by atoms with Gasteiger partial charge in [-0.05, 0) is 37.4 Å². The smallest absolute Gasteiger partial charge is 0.222 e. The molecule has 0 aliphatic carbocycles. The van der Waals surface area contributed by atoms with Crippen molar-refractivity contribution in [2.24, 2.45) is 0 Å². The van der Waals surface area contributed by atoms with Crippen LogP contribution in [-0.4, -0.2) is 37.0 Å². The molecule has 1 aliphatic rings. The molecule has 1 heterocycles. The summed E-state index contributed by atoms with van der Waals surface area (Å²) in [7, 11) is 0. The number of rotatable bonds is 3. The second-order valence-electron chi connectivity index (χ2n) is 4.91. The molecule has 2 rings (SSSR count). The second-order valence-corrected chi connectivity index (χ2v) is 4.91. The molecule has 0 aromatic heterocycles. The molecular weight excluding hydrogens is 224 g/mol. The zero-order valence-electron chi connectivity index (χ0n) is 11.1. The number of nitrogens with zero attached hydrogens (tertiary/aromatic N) is 1. The van der Waals surface area contributed by atoms with Crippen LogP contribution in [-0.2, 0) is 11.2 Å². The topological polar surface area (TPSA) is 32.3 Å². The summed E-state index contributed by atoms with van der Waals surface area (Å²) in [5.41, 5.74) is 2.57. The average Bonchev–Trinajstić information content (AvgIpc) is 2.66. The van der Waals surface area contributed by atoms with Gasteiger partial charge in [0.15, 0.2) is 0 Å². The van der Waals surface area contributed by atoms with Crippen LogP contribution in [0, 0.1) is 6.92 Å². The zero-order chi connectivity index (χ0) is 12.8. The van der Waals surface area contributed by atoms with Crippen LogP contribution in [0.1, 0.15) is 24.0 Å². The van der Waals surface area contributed by atoms with E-state index in [0.29, 0.717) is 12.3 Å². The molecule has 98 valence electrons. The molecule has 0 unspecified atom stereocenters. The number of hydrogen-bond acceptors (Lipinski definition) is 2. The van der Waals surface area contributed by atoms with Gasteiger partial charge in [0.05, 0.1) is 0 Å². The molecule has 1 saturated heterocycles. The van der Waals surface area contributed by atoms with Crippen LogP contribution >= 0.6 is 0 Å². The average molecular weight is 246 g/mol. The van der Waals surface area contributed by atoms with Crippen molar-refractivity contribution in [3.05, 3.63) is 35.4 Å². The van der Waals surface area contributed by atoms with Crippen LogP contribution < -0.4 is 5.32 Å². The Kier molecular flexibility index (Phi) is 4.76. The molecule has 1 aromatic rings. The normalized spacial score (nSPS) is 16.4. The van der Waals surface area contributed by atoms with E-state index in [2.05, 4.69) is 24.4 Å². The minimum atomic E-state index is 0.293. The standard InChI is InChI=1S/C15H22N2O/c1-13-5-2-3-6-14(13)7-8-15(18)17-11-4-9-16-10-12-17/h2-3,5-6,16H,4,7-12H2,1H3. The number of benzene rings is 1. The van der Waals surface area contributed by atoms with Gasteiger partial charge in [-0.3, -0.25) is 4.79 Å². The van der Waals surface area contributed by atoms with E-state index < -0.39 is 0 Å². The lowest BCUT2D eigenvalue weighted by Gasteiger charge is -2.20. The lowest BCUT2D eigenvalue weighted by atomic mass is 10.0. The van der Waals surface area contributed by atoms with Gasteiger partial charge in [0, 0.05) is 26.1 Å². The molecule has 1 amide bonds. The molecule has 0 spiro atoms. The van der Waals surface area contributed by atoms with Gasteiger partial charge < -0.3 is 10.2 Å². The van der Waals surface area contributed by atoms with E-state index in [1.54, 1.807) is 0 Å². The van der Waals surface area contributed by atoms with Crippen LogP contribution in [0.5, 0.6) is 0 Å². The number of amides is 1. The first-order chi connectivity index (χ1) is 8.77. The van der Waals surface area contributed by atoms with E-state index in [0.717, 1.165) is 39.0 Å². The summed E-state index contributed by atoms with van der Waals surface area (Å²) in [4.78, 5) is 14.1. The SMILES string of the molecule is Cc1ccccc1CCC(=O)N1CCCNCC1. The van der Waals surface area contributed by atoms with Gasteiger partial charge in [-0.15, -0.1) is 0 Å². The fourth-order valence-corrected chi connectivity index (χ4v) is 2.39. The minimum Gasteiger partial charge on any atom is -0.341 e. The molecule has 3 nitrogen and oxygen atoms in total. The highest BCUT2D eigenvalue weighted by molar-refractivity contribution is 5.76. The van der Waals surface area contributed by atoms with Crippen LogP contribution in [0.25, 0.3) is 0 Å². The molecule has 1 N–H and O–H groups in total. The van der Waals surface area contributed by atoms with E-state index in [1.165, 1.54) is 11.1 Å². The van der Waals surface area contributed by atoms with Crippen molar-refractivity contribution in [1.29, 1.82) is 0 Å². The largest absolute Gasteiger partial charge is 0.341 e. The van der Waals surface area contributed by atoms with Crippen molar-refractivity contribution in [2.45, 2.75) is 26.2 Å². The predicted octanol–water partition coefficient (Wildman–Crippen LogP) is 1.75. The third-order valence-corrected chi connectivity index (χ3v) is 3.56. The number of carbonyl (C=O) groups excluding carboxylic acids is 1. The van der Waals surface area contributed by atoms with Crippen LogP contribution in [0.15, 0.2) is 24.3 Å². The fourth-order valence-electron chi connectivity index (χ4n) is 2.39. The maximum atomic E-state index is 12.1. The fraction of sp³-hybridized carbons (Fsp3) is 0.533. The van der Waals surface area contributed by atoms with Crippen LogP contribution in [0.2, 0.25) is 0 Å². The van der Waals surface area contributed by atoms with E-state index in [4.69, 9.17) is 0 Å². The summed E-state index contributed by atoms with van der Waals surface area (Å²) in [6.07, 6.45) is 2.55. The quantitative estimate of drug-likeness (QED) is 0.881. The van der Waals surface area contributed by atoms with Gasteiger partial charge in [-0.2, -0.15) is 0 Å². The third kappa shape index (κ3) is 3.57. The van der Waals surface area contributed by atoms with E-state index >= 15 is 0 Å². The first-order valence-corrected chi connectivity index (χ1v) is 6.80. The van der Waals surface area contributed by atoms with Crippen molar-refractivity contribution in [2.75, 3.05) is 26.2 Å². The zero-order valence-corrected chi connectivity index (χ0v) is 11.1. The second kappa shape index (κ2) is 6.55. The molecule has 1 aromatic carbocycles. The summed E-state index contributed by atoms with van der Waals surface area (Å²) in [5.74, 6) is 0.293. The molecular formula is C15H22N2O. The Morgan fingerprint density at radius 3 is 2.94 bits per heavy atom. The Morgan fingerprint density at radius 2 is 2.11 bits per heavy atom. The molecule has 1 aliphatic heterocycles. The lowest BCUT2D eigenvalue weighted by molar-refractivity contribution is -0.130. The lowest BCUT2D eigenvalue weighted by Crippen LogP contribution is -2.34. The maximum absolute atomic E-state index is 12.1. The van der Waals surface area contributed by atoms with Gasteiger partial charge in [0.2, 0.25) is 5.91 Å². The first-order valence-electron chi connectivity index (χ1n) is 6.80. The maximum Gasteiger partial charge on any atom is 0.222 e. The molecule has 1 fully saturated rings. The first kappa shape index (κ1) is 13.1. The van der Waals surface area contributed by atoms with Gasteiger partial charge in [-0.1, -0.05) is 24.3 Å². The van der Waals surface area contributed by atoms with E-state index in [1.807, 2.05) is 17.0 Å². The molecule has 0 radical (unpaired) electrons. The Hall–Kier alpha value is -1.35. The van der Waals surface area contributed by atoms with E-state index in [-0.39, 0.29) is 0 Å². The summed E-state index contributed by atoms with van der Waals surface area (Å²) >= 11 is 0. The van der Waals surface area contributed by atoms with Gasteiger partial charge in [-0.25, -0.2) is 0 Å². The van der Waals surface area contributed by atoms with Crippen LogP contribution in [0.3, 0.4) is 0 Å². The number of carbonyl (C=O) groups is 1. The monoisotopic (exact) mass is 246 g/mol. The highest BCUT2D eigenvalue weighted by atomic mass is 16.2. The van der Waals surface area contributed by atoms with Crippen molar-refractivity contribution >= 4 is 5.91 Å². The molecule has 3 heteroatoms. The van der Waals surface area contributed by atoms with E-state index in [9.17, 15) is 4.79 Å². The Balaban J connectivity index is 1.86. The molecule has 0 atom stereocenters. The Labute approximate surface area is 109 Å². The number of nitrogens with one attached hydrogen (secondary N) is 1. The molecule has 0 saturated carbocycles. The highest BCUT2D eigenvalue weighted by Gasteiger charge is 2.14. The van der Waals surface area contributed by atoms with Crippen molar-refractivity contribution in [3.63, 3.8) is 0 Å². The van der Waals surface area contributed by atoms with Gasteiger partial charge >= 0.3 is 0 Å². The number of hydrogen-bond donors (Lipinski definition) is 1. The molecule has 0 bridgehead atoms. The van der Waals surface area contributed by atoms with Crippen molar-refractivity contribution in [3.8, 4) is 0 Å². The summed E-state index contributed by atoms with van der Waals surface area (Å²) < 4.78 is 0. The minimum absolute atomic E-state index is 0.293. The number of aryl methyl sites for hydroxylation is 2. The summed E-state index contributed by atoms with van der Waals surface area (Å²) in [5, 5.41) is 3.32. The van der Waals surface area contributed by atoms with Crippen molar-refractivity contribution < 1.29 is 4.79 Å². The van der Waals surface area contributed by atoms with Gasteiger partial charge in [0.1, 0.15) is 0 Å². The predicted molar refractivity (Wildman–Crippen MR) is 73.6 cm³/mol. The highest BCUT2D eigenvalue weighted by Crippen LogP contribution is 2.11. The third-order valence-electron chi connectivity index (χ3n) is 3.56. The summed E-state index contributed by atoms with van der Waals surface area (Å²) in [6, 6.07) is 8.31. The Morgan fingerprint density at radius 1 is 1.28 bits per heavy atom. The van der Waals surface area contributed by atoms with Crippen molar-refractivity contribution in [1.82, 2.24) is 10.2 Å². The van der Waals surface area contributed by atoms with Crippen LogP contribution in [0.4, 0.5) is 0 Å². The summed E-state index contributed by atoms with van der Waals surface area (Å²) in [6.45, 7) is 5.82.